The molecular weight excluding hydrogens is 296 g/mol. The molecule has 8 heteroatoms. The van der Waals surface area contributed by atoms with Gasteiger partial charge in [0.15, 0.2) is 0 Å². The molecule has 16 heavy (non-hydrogen) atoms. The Bertz CT molecular complexity index is 457. The van der Waals surface area contributed by atoms with Crippen molar-refractivity contribution in [3.8, 4) is 0 Å². The maximum atomic E-state index is 11.3. The first-order chi connectivity index (χ1) is 7.39. The summed E-state index contributed by atoms with van der Waals surface area (Å²) in [7, 11) is -3.11. The number of hydrogen-bond acceptors (Lipinski definition) is 5. The van der Waals surface area contributed by atoms with Crippen molar-refractivity contribution in [2.24, 2.45) is 5.84 Å². The number of halogens is 1. The summed E-state index contributed by atoms with van der Waals surface area (Å²) in [6.07, 6.45) is 2.81. The maximum Gasteiger partial charge on any atom is 0.149 e. The minimum Gasteiger partial charge on any atom is -0.271 e. The second kappa shape index (κ2) is 5.26. The molecule has 1 aromatic heterocycles. The molecular formula is C8H15BrN4O2S. The number of aromatic nitrogens is 2. The molecule has 1 rings (SSSR count). The third kappa shape index (κ3) is 3.27. The lowest BCUT2D eigenvalue weighted by Gasteiger charge is -2.16. The average molecular weight is 311 g/mol. The van der Waals surface area contributed by atoms with Crippen LogP contribution in [0.15, 0.2) is 10.7 Å². The smallest absolute Gasteiger partial charge is 0.149 e. The van der Waals surface area contributed by atoms with E-state index < -0.39 is 15.9 Å². The van der Waals surface area contributed by atoms with Crippen molar-refractivity contribution >= 4 is 25.8 Å². The van der Waals surface area contributed by atoms with Gasteiger partial charge >= 0.3 is 0 Å². The van der Waals surface area contributed by atoms with Gasteiger partial charge in [0.05, 0.1) is 28.2 Å². The zero-order chi connectivity index (χ0) is 12.3. The number of aryl methyl sites for hydroxylation is 1. The van der Waals surface area contributed by atoms with Crippen LogP contribution in [0.3, 0.4) is 0 Å². The number of nitrogens with two attached hydrogens (primary N) is 1. The Morgan fingerprint density at radius 2 is 2.31 bits per heavy atom. The van der Waals surface area contributed by atoms with E-state index in [0.29, 0.717) is 6.54 Å². The quantitative estimate of drug-likeness (QED) is 0.599. The first-order valence-electron chi connectivity index (χ1n) is 4.74. The molecule has 6 nitrogen and oxygen atoms in total. The SMILES string of the molecule is CCn1ncc(Br)c1C(CS(C)(=O)=O)NN. The summed E-state index contributed by atoms with van der Waals surface area (Å²) in [5, 5.41) is 4.11. The minimum atomic E-state index is -3.11. The molecule has 0 saturated carbocycles. The Balaban J connectivity index is 3.08. The van der Waals surface area contributed by atoms with Gasteiger partial charge in [-0.15, -0.1) is 0 Å². The molecule has 0 aromatic carbocycles. The van der Waals surface area contributed by atoms with Crippen molar-refractivity contribution in [1.82, 2.24) is 15.2 Å². The van der Waals surface area contributed by atoms with Crippen LogP contribution in [-0.2, 0) is 16.4 Å². The van der Waals surface area contributed by atoms with Crippen LogP contribution in [0.25, 0.3) is 0 Å². The highest BCUT2D eigenvalue weighted by Crippen LogP contribution is 2.23. The molecule has 1 heterocycles. The van der Waals surface area contributed by atoms with Crippen LogP contribution in [0.4, 0.5) is 0 Å². The van der Waals surface area contributed by atoms with Gasteiger partial charge in [0, 0.05) is 12.8 Å². The van der Waals surface area contributed by atoms with Crippen molar-refractivity contribution in [3.05, 3.63) is 16.4 Å². The molecule has 1 atom stereocenters. The molecule has 0 radical (unpaired) electrons. The fraction of sp³-hybridized carbons (Fsp3) is 0.625. The monoisotopic (exact) mass is 310 g/mol. The molecule has 1 aromatic rings. The number of hydrazine groups is 1. The zero-order valence-electron chi connectivity index (χ0n) is 9.14. The Hall–Kier alpha value is -0.440. The van der Waals surface area contributed by atoms with E-state index in [-0.39, 0.29) is 5.75 Å². The summed E-state index contributed by atoms with van der Waals surface area (Å²) in [5.74, 6) is 5.33. The van der Waals surface area contributed by atoms with Gasteiger partial charge in [-0.2, -0.15) is 5.10 Å². The highest BCUT2D eigenvalue weighted by atomic mass is 79.9. The summed E-state index contributed by atoms with van der Waals surface area (Å²) in [6, 6.07) is -0.466. The van der Waals surface area contributed by atoms with E-state index in [9.17, 15) is 8.42 Å². The molecule has 0 amide bonds. The summed E-state index contributed by atoms with van der Waals surface area (Å²) in [6.45, 7) is 2.58. The first-order valence-corrected chi connectivity index (χ1v) is 7.59. The molecule has 1 unspecified atom stereocenters. The fourth-order valence-electron chi connectivity index (χ4n) is 1.48. The number of nitrogens with one attached hydrogen (secondary N) is 1. The van der Waals surface area contributed by atoms with Gasteiger partial charge < -0.3 is 0 Å². The van der Waals surface area contributed by atoms with Gasteiger partial charge in [0.2, 0.25) is 0 Å². The Kier molecular flexibility index (Phi) is 4.48. The molecule has 0 saturated heterocycles. The van der Waals surface area contributed by atoms with E-state index in [1.807, 2.05) is 6.92 Å². The predicted molar refractivity (Wildman–Crippen MR) is 65.4 cm³/mol. The van der Waals surface area contributed by atoms with E-state index in [4.69, 9.17) is 5.84 Å². The lowest BCUT2D eigenvalue weighted by molar-refractivity contribution is 0.513. The van der Waals surface area contributed by atoms with Crippen molar-refractivity contribution < 1.29 is 8.42 Å². The molecule has 0 aliphatic carbocycles. The van der Waals surface area contributed by atoms with Crippen molar-refractivity contribution in [2.45, 2.75) is 19.5 Å². The Morgan fingerprint density at radius 3 is 2.75 bits per heavy atom. The molecule has 0 bridgehead atoms. The number of sulfone groups is 1. The molecule has 3 N–H and O–H groups in total. The highest BCUT2D eigenvalue weighted by molar-refractivity contribution is 9.10. The first kappa shape index (κ1) is 13.6. The maximum absolute atomic E-state index is 11.3. The second-order valence-corrected chi connectivity index (χ2v) is 6.54. The van der Waals surface area contributed by atoms with Gasteiger partial charge in [-0.3, -0.25) is 16.0 Å². The lowest BCUT2D eigenvalue weighted by Crippen LogP contribution is -2.34. The number of rotatable bonds is 5. The molecule has 0 aliphatic rings. The highest BCUT2D eigenvalue weighted by Gasteiger charge is 2.22. The molecule has 92 valence electrons. The van der Waals surface area contributed by atoms with E-state index in [1.54, 1.807) is 10.9 Å². The Labute approximate surface area is 103 Å². The van der Waals surface area contributed by atoms with Crippen LogP contribution >= 0.6 is 15.9 Å². The van der Waals surface area contributed by atoms with Crippen LogP contribution in [0, 0.1) is 0 Å². The van der Waals surface area contributed by atoms with Gasteiger partial charge in [-0.1, -0.05) is 0 Å². The van der Waals surface area contributed by atoms with Crippen LogP contribution in [0.2, 0.25) is 0 Å². The van der Waals surface area contributed by atoms with Crippen LogP contribution in [0.1, 0.15) is 18.7 Å². The van der Waals surface area contributed by atoms with Crippen LogP contribution < -0.4 is 11.3 Å². The third-order valence-corrected chi connectivity index (χ3v) is 3.68. The summed E-state index contributed by atoms with van der Waals surface area (Å²) in [4.78, 5) is 0. The topological polar surface area (TPSA) is 90.0 Å². The lowest BCUT2D eigenvalue weighted by atomic mass is 10.2. The standard InChI is InChI=1S/C8H15BrN4O2S/c1-3-13-8(6(9)4-11-13)7(12-10)5-16(2,14)15/h4,7,12H,3,5,10H2,1-2H3. The zero-order valence-corrected chi connectivity index (χ0v) is 11.5. The van der Waals surface area contributed by atoms with Crippen molar-refractivity contribution in [2.75, 3.05) is 12.0 Å². The largest absolute Gasteiger partial charge is 0.271 e. The van der Waals surface area contributed by atoms with E-state index in [0.717, 1.165) is 10.2 Å². The van der Waals surface area contributed by atoms with E-state index >= 15 is 0 Å². The van der Waals surface area contributed by atoms with Gasteiger partial charge in [-0.25, -0.2) is 8.42 Å². The van der Waals surface area contributed by atoms with Gasteiger partial charge in [-0.05, 0) is 22.9 Å². The minimum absolute atomic E-state index is 0.0617. The second-order valence-electron chi connectivity index (χ2n) is 3.51. The van der Waals surface area contributed by atoms with Crippen molar-refractivity contribution in [1.29, 1.82) is 0 Å². The molecule has 0 spiro atoms. The van der Waals surface area contributed by atoms with Gasteiger partial charge in [0.1, 0.15) is 9.84 Å². The predicted octanol–water partition coefficient (Wildman–Crippen LogP) is 0.215. The normalized spacial score (nSPS) is 14.0. The fourth-order valence-corrected chi connectivity index (χ4v) is 2.91. The number of hydrogen-bond donors (Lipinski definition) is 2. The summed E-state index contributed by atoms with van der Waals surface area (Å²) < 4.78 is 25.0. The number of nitrogens with zero attached hydrogens (tertiary/aromatic N) is 2. The van der Waals surface area contributed by atoms with Crippen molar-refractivity contribution in [3.63, 3.8) is 0 Å². The van der Waals surface area contributed by atoms with E-state index in [2.05, 4.69) is 26.5 Å². The van der Waals surface area contributed by atoms with Crippen LogP contribution in [0.5, 0.6) is 0 Å². The van der Waals surface area contributed by atoms with Gasteiger partial charge in [0.25, 0.3) is 0 Å². The Morgan fingerprint density at radius 1 is 1.69 bits per heavy atom. The van der Waals surface area contributed by atoms with E-state index in [1.165, 1.54) is 6.26 Å². The summed E-state index contributed by atoms with van der Waals surface area (Å²) >= 11 is 3.33. The molecule has 0 aliphatic heterocycles. The average Bonchev–Trinajstić information content (AvgIpc) is 2.54. The summed E-state index contributed by atoms with van der Waals surface area (Å²) in [5.41, 5.74) is 3.25. The van der Waals surface area contributed by atoms with Crippen LogP contribution in [-0.4, -0.2) is 30.2 Å². The third-order valence-electron chi connectivity index (χ3n) is 2.13. The molecule has 0 fully saturated rings.